The molecule has 1 heteroatoms. The first-order chi connectivity index (χ1) is 15.5. The van der Waals surface area contributed by atoms with E-state index in [9.17, 15) is 0 Å². The van der Waals surface area contributed by atoms with Crippen molar-refractivity contribution in [1.29, 1.82) is 0 Å². The minimum atomic E-state index is 0. The molecule has 0 aromatic heterocycles. The summed E-state index contributed by atoms with van der Waals surface area (Å²) in [4.78, 5) is 0. The summed E-state index contributed by atoms with van der Waals surface area (Å²) in [5.41, 5.74) is 9.49. The Hall–Kier alpha value is 0.220. The van der Waals surface area contributed by atoms with E-state index in [0.29, 0.717) is 59.2 Å². The minimum Gasteiger partial charge on any atom is -0.265 e. The molecule has 2 unspecified atom stereocenters. The zero-order valence-corrected chi connectivity index (χ0v) is 28.7. The second-order valence-electron chi connectivity index (χ2n) is 13.2. The van der Waals surface area contributed by atoms with Crippen LogP contribution in [0.4, 0.5) is 0 Å². The summed E-state index contributed by atoms with van der Waals surface area (Å²) in [6.45, 7) is 37.1. The Labute approximate surface area is 251 Å². The van der Waals surface area contributed by atoms with E-state index in [1.54, 1.807) is 22.3 Å². The molecule has 0 amide bonds. The van der Waals surface area contributed by atoms with E-state index in [-0.39, 0.29) is 37.7 Å². The Kier molecular flexibility index (Phi) is 15.1. The second-order valence-corrected chi connectivity index (χ2v) is 13.2. The third-order valence-corrected chi connectivity index (χ3v) is 7.38. The maximum Gasteiger partial charge on any atom is 2.00 e. The zero-order chi connectivity index (χ0) is 26.7. The zero-order valence-electron chi connectivity index (χ0n) is 26.5. The van der Waals surface area contributed by atoms with Gasteiger partial charge in [0.15, 0.2) is 0 Å². The van der Waals surface area contributed by atoms with Gasteiger partial charge in [0, 0.05) is 0 Å². The molecule has 2 atom stereocenters. The fourth-order valence-corrected chi connectivity index (χ4v) is 5.93. The molecule has 0 saturated heterocycles. The summed E-state index contributed by atoms with van der Waals surface area (Å²) in [6.07, 6.45) is 7.59. The maximum atomic E-state index is 3.80. The molecule has 2 rings (SSSR count). The molecule has 0 aliphatic heterocycles. The van der Waals surface area contributed by atoms with Gasteiger partial charge in [-0.15, -0.1) is 0 Å². The smallest absolute Gasteiger partial charge is 0.265 e. The van der Waals surface area contributed by atoms with Crippen molar-refractivity contribution in [3.8, 4) is 0 Å². The summed E-state index contributed by atoms with van der Waals surface area (Å²) in [5.74, 6) is 6.16. The molecule has 0 bridgehead atoms. The summed E-state index contributed by atoms with van der Waals surface area (Å²) in [7, 11) is 0. The van der Waals surface area contributed by atoms with Crippen molar-refractivity contribution < 1.29 is 0 Å². The second kappa shape index (κ2) is 15.0. The van der Waals surface area contributed by atoms with Gasteiger partial charge in [0.05, 0.1) is 0 Å². The van der Waals surface area contributed by atoms with Crippen molar-refractivity contribution in [2.24, 2.45) is 59.2 Å². The first-order valence-electron chi connectivity index (χ1n) is 14.3. The summed E-state index contributed by atoms with van der Waals surface area (Å²) < 4.78 is 0. The Bertz CT molecular complexity index is 722. The molecule has 0 spiro atoms. The van der Waals surface area contributed by atoms with Crippen LogP contribution < -0.4 is 0 Å². The first kappa shape index (κ1) is 35.2. The van der Waals surface area contributed by atoms with Crippen molar-refractivity contribution in [2.75, 3.05) is 0 Å². The van der Waals surface area contributed by atoms with Gasteiger partial charge in [0.2, 0.25) is 0 Å². The molecule has 0 aromatic carbocycles. The predicted octanol–water partition coefficient (Wildman–Crippen LogP) is 10.2. The van der Waals surface area contributed by atoms with Crippen LogP contribution in [-0.2, 0) is 0 Å². The van der Waals surface area contributed by atoms with E-state index in [1.807, 2.05) is 0 Å². The monoisotopic (exact) mass is 506 g/mol. The van der Waals surface area contributed by atoms with Crippen LogP contribution in [0, 0.1) is 71.3 Å². The standard InChI is InChI=1S/2C17H29.Ca/c2*1-10(2)14-9-15(11(3)4)17(13(7)8)16(14)12(5)6;/h2*10-14H,1-8H3;/q2*-1;+2. The van der Waals surface area contributed by atoms with Gasteiger partial charge < -0.3 is 0 Å². The van der Waals surface area contributed by atoms with Crippen molar-refractivity contribution in [3.63, 3.8) is 0 Å². The van der Waals surface area contributed by atoms with Crippen molar-refractivity contribution in [3.05, 3.63) is 45.6 Å². The molecule has 35 heavy (non-hydrogen) atoms. The van der Waals surface area contributed by atoms with Crippen LogP contribution in [0.2, 0.25) is 0 Å². The molecule has 0 N–H and O–H groups in total. The Morgan fingerprint density at radius 2 is 0.657 bits per heavy atom. The van der Waals surface area contributed by atoms with Gasteiger partial charge >= 0.3 is 37.7 Å². The number of rotatable bonds is 8. The summed E-state index contributed by atoms with van der Waals surface area (Å²) in [6, 6.07) is 0. The fourth-order valence-electron chi connectivity index (χ4n) is 5.93. The van der Waals surface area contributed by atoms with Crippen LogP contribution in [0.25, 0.3) is 0 Å². The fraction of sp³-hybridized carbons (Fsp3) is 0.765. The van der Waals surface area contributed by atoms with Gasteiger partial charge in [0.1, 0.15) is 0 Å². The van der Waals surface area contributed by atoms with Gasteiger partial charge in [0.25, 0.3) is 0 Å². The van der Waals surface area contributed by atoms with Crippen molar-refractivity contribution in [1.82, 2.24) is 0 Å². The molecule has 0 aromatic rings. The van der Waals surface area contributed by atoms with Crippen LogP contribution in [-0.4, -0.2) is 37.7 Å². The molecular formula is C34H58Ca. The average molecular weight is 507 g/mol. The van der Waals surface area contributed by atoms with E-state index in [0.717, 1.165) is 0 Å². The van der Waals surface area contributed by atoms with Crippen LogP contribution >= 0.6 is 0 Å². The van der Waals surface area contributed by atoms with Crippen LogP contribution in [0.15, 0.2) is 33.4 Å². The van der Waals surface area contributed by atoms with E-state index >= 15 is 0 Å². The predicted molar refractivity (Wildman–Crippen MR) is 159 cm³/mol. The average Bonchev–Trinajstić information content (AvgIpc) is 3.28. The number of hydrogen-bond acceptors (Lipinski definition) is 0. The first-order valence-corrected chi connectivity index (χ1v) is 14.3. The molecule has 0 nitrogen and oxygen atoms in total. The molecule has 0 radical (unpaired) electrons. The Morgan fingerprint density at radius 1 is 0.400 bits per heavy atom. The summed E-state index contributed by atoms with van der Waals surface area (Å²) >= 11 is 0. The number of allylic oxidation sites excluding steroid dienone is 8. The van der Waals surface area contributed by atoms with Crippen molar-refractivity contribution in [2.45, 2.75) is 111 Å². The number of hydrogen-bond donors (Lipinski definition) is 0. The van der Waals surface area contributed by atoms with Gasteiger partial charge in [-0.3, -0.25) is 12.2 Å². The van der Waals surface area contributed by atoms with E-state index < -0.39 is 0 Å². The van der Waals surface area contributed by atoms with Crippen LogP contribution in [0.5, 0.6) is 0 Å². The maximum absolute atomic E-state index is 3.80. The van der Waals surface area contributed by atoms with Crippen LogP contribution in [0.1, 0.15) is 111 Å². The molecule has 0 fully saturated rings. The molecular weight excluding hydrogens is 448 g/mol. The normalized spacial score (nSPS) is 20.8. The van der Waals surface area contributed by atoms with E-state index in [4.69, 9.17) is 0 Å². The Morgan fingerprint density at radius 3 is 0.800 bits per heavy atom. The minimum absolute atomic E-state index is 0. The third-order valence-electron chi connectivity index (χ3n) is 7.38. The van der Waals surface area contributed by atoms with E-state index in [2.05, 4.69) is 123 Å². The van der Waals surface area contributed by atoms with Gasteiger partial charge in [-0.2, -0.15) is 22.3 Å². The molecule has 2 aliphatic rings. The Balaban J connectivity index is 0.000000642. The summed E-state index contributed by atoms with van der Waals surface area (Å²) in [5, 5.41) is 0. The molecule has 196 valence electrons. The third kappa shape index (κ3) is 8.61. The topological polar surface area (TPSA) is 0 Å². The van der Waals surface area contributed by atoms with Crippen LogP contribution in [0.3, 0.4) is 0 Å². The van der Waals surface area contributed by atoms with Crippen molar-refractivity contribution >= 4 is 37.7 Å². The quantitative estimate of drug-likeness (QED) is 0.227. The van der Waals surface area contributed by atoms with E-state index in [1.165, 1.54) is 11.1 Å². The molecule has 0 saturated carbocycles. The van der Waals surface area contributed by atoms with Gasteiger partial charge in [-0.1, -0.05) is 158 Å². The van der Waals surface area contributed by atoms with Gasteiger partial charge in [-0.05, 0) is 11.8 Å². The molecule has 0 heterocycles. The largest absolute Gasteiger partial charge is 2.00 e. The molecule has 2 aliphatic carbocycles. The SMILES string of the molecule is CC(C)C1=[C-]C(C(C)C)C(C(C)C)=C1C(C)C.CC(C)C1=[C-]C(C(C)C)C(C(C)C)=C1C(C)C.[Ca+2]. The van der Waals surface area contributed by atoms with Gasteiger partial charge in [-0.25, -0.2) is 11.1 Å².